The van der Waals surface area contributed by atoms with Gasteiger partial charge in [0.15, 0.2) is 0 Å². The van der Waals surface area contributed by atoms with Gasteiger partial charge in [-0.05, 0) is 6.08 Å². The molecule has 1 aliphatic heterocycles. The fourth-order valence-corrected chi connectivity index (χ4v) is 0.969. The Balaban J connectivity index is 2.68. The summed E-state index contributed by atoms with van der Waals surface area (Å²) in [5.74, 6) is 0. The molecule has 0 N–H and O–H groups in total. The van der Waals surface area contributed by atoms with Crippen LogP contribution in [0.15, 0.2) is 24.0 Å². The molecule has 0 aromatic carbocycles. The van der Waals surface area contributed by atoms with E-state index in [1.165, 1.54) is 0 Å². The molecule has 1 atom stereocenters. The quantitative estimate of drug-likeness (QED) is 0.414. The van der Waals surface area contributed by atoms with Crippen molar-refractivity contribution < 1.29 is 4.65 Å². The maximum absolute atomic E-state index is 11.3. The zero-order valence-electron chi connectivity index (χ0n) is 7.24. The van der Waals surface area contributed by atoms with Crippen LogP contribution in [0.4, 0.5) is 0 Å². The van der Waals surface area contributed by atoms with E-state index in [0.717, 1.165) is 5.70 Å². The number of nitrogens with zero attached hydrogens (tertiary/aromatic N) is 2. The molecule has 11 heavy (non-hydrogen) atoms. The van der Waals surface area contributed by atoms with E-state index < -0.39 is 0 Å². The second kappa shape index (κ2) is 2.68. The first-order chi connectivity index (χ1) is 5.01. The minimum absolute atomic E-state index is 0.294. The highest BCUT2D eigenvalue weighted by Crippen LogP contribution is 2.12. The molecule has 0 spiro atoms. The zero-order chi connectivity index (χ0) is 8.48. The van der Waals surface area contributed by atoms with Crippen molar-refractivity contribution in [2.45, 2.75) is 0 Å². The summed E-state index contributed by atoms with van der Waals surface area (Å²) in [6, 6.07) is 0. The number of hydroxylamine groups is 3. The fourth-order valence-electron chi connectivity index (χ4n) is 0.969. The molecule has 3 nitrogen and oxygen atoms in total. The third kappa shape index (κ3) is 2.06. The number of likely N-dealkylation sites (N-methyl/N-ethyl adjacent to an activating group) is 2. The minimum Gasteiger partial charge on any atom is -0.628 e. The first-order valence-corrected chi connectivity index (χ1v) is 3.64. The Morgan fingerprint density at radius 3 is 2.55 bits per heavy atom. The zero-order valence-corrected chi connectivity index (χ0v) is 7.24. The third-order valence-corrected chi connectivity index (χ3v) is 1.74. The largest absolute Gasteiger partial charge is 0.628 e. The van der Waals surface area contributed by atoms with Gasteiger partial charge in [-0.1, -0.05) is 0 Å². The predicted octanol–water partition coefficient (Wildman–Crippen LogP) is 0.904. The molecular formula is C8H14N2O. The summed E-state index contributed by atoms with van der Waals surface area (Å²) in [7, 11) is 5.58. The Morgan fingerprint density at radius 1 is 1.55 bits per heavy atom. The fraction of sp³-hybridized carbons (Fsp3) is 0.500. The normalized spacial score (nSPS) is 30.0. The first kappa shape index (κ1) is 8.30. The summed E-state index contributed by atoms with van der Waals surface area (Å²) >= 11 is 0. The Morgan fingerprint density at radius 2 is 2.18 bits per heavy atom. The molecule has 0 aliphatic carbocycles. The lowest BCUT2D eigenvalue weighted by Crippen LogP contribution is -2.34. The van der Waals surface area contributed by atoms with Gasteiger partial charge in [-0.25, -0.2) is 0 Å². The molecule has 1 rings (SSSR count). The van der Waals surface area contributed by atoms with E-state index in [-0.39, 0.29) is 4.65 Å². The van der Waals surface area contributed by atoms with E-state index >= 15 is 0 Å². The maximum atomic E-state index is 11.3. The predicted molar refractivity (Wildman–Crippen MR) is 45.3 cm³/mol. The lowest BCUT2D eigenvalue weighted by molar-refractivity contribution is -0.801. The van der Waals surface area contributed by atoms with Crippen LogP contribution in [-0.4, -0.2) is 37.2 Å². The SMILES string of the molecule is CN(C)C1=CC[N+](C)([O-])C=C1. The second-order valence-electron chi connectivity index (χ2n) is 3.20. The summed E-state index contributed by atoms with van der Waals surface area (Å²) in [6.07, 6.45) is 5.47. The molecule has 0 amide bonds. The van der Waals surface area contributed by atoms with Crippen LogP contribution < -0.4 is 0 Å². The molecule has 0 saturated carbocycles. The molecule has 0 aromatic rings. The van der Waals surface area contributed by atoms with Gasteiger partial charge in [0.1, 0.15) is 6.54 Å². The number of rotatable bonds is 1. The Hall–Kier alpha value is -0.800. The van der Waals surface area contributed by atoms with Crippen molar-refractivity contribution >= 4 is 0 Å². The van der Waals surface area contributed by atoms with Crippen molar-refractivity contribution in [3.8, 4) is 0 Å². The van der Waals surface area contributed by atoms with Crippen molar-refractivity contribution in [1.29, 1.82) is 0 Å². The lowest BCUT2D eigenvalue weighted by atomic mass is 10.3. The van der Waals surface area contributed by atoms with Gasteiger partial charge in [0, 0.05) is 25.9 Å². The number of hydrogen-bond donors (Lipinski definition) is 0. The van der Waals surface area contributed by atoms with E-state index in [1.54, 1.807) is 13.2 Å². The number of quaternary nitrogens is 1. The molecular weight excluding hydrogens is 140 g/mol. The first-order valence-electron chi connectivity index (χ1n) is 3.64. The monoisotopic (exact) mass is 154 g/mol. The minimum atomic E-state index is -0.294. The van der Waals surface area contributed by atoms with Crippen LogP contribution >= 0.6 is 0 Å². The summed E-state index contributed by atoms with van der Waals surface area (Å²) in [6.45, 7) is 0.532. The van der Waals surface area contributed by atoms with Gasteiger partial charge < -0.3 is 14.8 Å². The third-order valence-electron chi connectivity index (χ3n) is 1.74. The van der Waals surface area contributed by atoms with Crippen molar-refractivity contribution in [2.24, 2.45) is 0 Å². The molecule has 1 unspecified atom stereocenters. The number of hydrogen-bond acceptors (Lipinski definition) is 2. The average molecular weight is 154 g/mol. The summed E-state index contributed by atoms with van der Waals surface area (Å²) in [5.41, 5.74) is 1.11. The molecule has 0 fully saturated rings. The second-order valence-corrected chi connectivity index (χ2v) is 3.20. The lowest BCUT2D eigenvalue weighted by Gasteiger charge is -2.36. The average Bonchev–Trinajstić information content (AvgIpc) is 1.86. The topological polar surface area (TPSA) is 26.3 Å². The Labute approximate surface area is 67.4 Å². The molecule has 1 aliphatic rings. The summed E-state index contributed by atoms with van der Waals surface area (Å²) in [4.78, 5) is 2.00. The van der Waals surface area contributed by atoms with Gasteiger partial charge in [-0.15, -0.1) is 0 Å². The molecule has 0 radical (unpaired) electrons. The molecule has 0 saturated heterocycles. The van der Waals surface area contributed by atoms with Gasteiger partial charge in [-0.2, -0.15) is 0 Å². The molecule has 0 bridgehead atoms. The highest BCUT2D eigenvalue weighted by atomic mass is 16.5. The van der Waals surface area contributed by atoms with Gasteiger partial charge in [0.05, 0.1) is 13.2 Å². The van der Waals surface area contributed by atoms with Gasteiger partial charge in [-0.3, -0.25) is 0 Å². The standard InChI is InChI=1S/C8H14N2O/c1-9(2)8-4-6-10(3,11)7-5-8/h4-6H,7H2,1-3H3. The number of allylic oxidation sites excluding steroid dienone is 1. The van der Waals surface area contributed by atoms with Gasteiger partial charge in [0.25, 0.3) is 0 Å². The molecule has 1 heterocycles. The van der Waals surface area contributed by atoms with Crippen LogP contribution in [-0.2, 0) is 0 Å². The van der Waals surface area contributed by atoms with Crippen LogP contribution in [0, 0.1) is 5.21 Å². The van der Waals surface area contributed by atoms with E-state index in [9.17, 15) is 5.21 Å². The Bertz CT molecular complexity index is 204. The van der Waals surface area contributed by atoms with Crippen LogP contribution in [0.5, 0.6) is 0 Å². The van der Waals surface area contributed by atoms with E-state index in [1.807, 2.05) is 31.1 Å². The van der Waals surface area contributed by atoms with E-state index in [4.69, 9.17) is 0 Å². The van der Waals surface area contributed by atoms with Crippen molar-refractivity contribution in [3.05, 3.63) is 29.3 Å². The van der Waals surface area contributed by atoms with Gasteiger partial charge >= 0.3 is 0 Å². The highest BCUT2D eigenvalue weighted by molar-refractivity contribution is 5.17. The smallest absolute Gasteiger partial charge is 0.103 e. The van der Waals surface area contributed by atoms with E-state index in [0.29, 0.717) is 6.54 Å². The van der Waals surface area contributed by atoms with Crippen LogP contribution in [0.3, 0.4) is 0 Å². The van der Waals surface area contributed by atoms with Crippen molar-refractivity contribution in [2.75, 3.05) is 27.7 Å². The van der Waals surface area contributed by atoms with Crippen molar-refractivity contribution in [1.82, 2.24) is 4.90 Å². The van der Waals surface area contributed by atoms with Crippen LogP contribution in [0.25, 0.3) is 0 Å². The van der Waals surface area contributed by atoms with Crippen LogP contribution in [0.1, 0.15) is 0 Å². The van der Waals surface area contributed by atoms with E-state index in [2.05, 4.69) is 0 Å². The molecule has 62 valence electrons. The maximum Gasteiger partial charge on any atom is 0.103 e. The molecule has 0 aromatic heterocycles. The summed E-state index contributed by atoms with van der Waals surface area (Å²) in [5, 5.41) is 11.3. The highest BCUT2D eigenvalue weighted by Gasteiger charge is 2.10. The Kier molecular flexibility index (Phi) is 2.02. The summed E-state index contributed by atoms with van der Waals surface area (Å²) < 4.78 is -0.294. The van der Waals surface area contributed by atoms with Crippen molar-refractivity contribution in [3.63, 3.8) is 0 Å². The van der Waals surface area contributed by atoms with Gasteiger partial charge in [0.2, 0.25) is 0 Å². The molecule has 3 heteroatoms. The van der Waals surface area contributed by atoms with Crippen LogP contribution in [0.2, 0.25) is 0 Å².